The van der Waals surface area contributed by atoms with E-state index in [1.54, 1.807) is 4.90 Å². The highest BCUT2D eigenvalue weighted by Gasteiger charge is 2.38. The third kappa shape index (κ3) is 1.91. The summed E-state index contributed by atoms with van der Waals surface area (Å²) in [6, 6.07) is 9.91. The fourth-order valence-corrected chi connectivity index (χ4v) is 2.17. The van der Waals surface area contributed by atoms with Crippen molar-refractivity contribution in [1.82, 2.24) is 9.96 Å². The average molecular weight is 230 g/mol. The molecule has 2 aliphatic heterocycles. The molecule has 0 radical (unpaired) electrons. The zero-order chi connectivity index (χ0) is 11.7. The summed E-state index contributed by atoms with van der Waals surface area (Å²) in [5.41, 5.74) is 1.07. The standard InChI is InChI=1S/C13H14N2O2/c16-13-14-8-4-7-12(9-14)15(13)17-10-11-5-2-1-3-6-11/h1-7,12H,8-10H2. The molecule has 0 aliphatic carbocycles. The van der Waals surface area contributed by atoms with Crippen LogP contribution in [0.2, 0.25) is 0 Å². The summed E-state index contributed by atoms with van der Waals surface area (Å²) < 4.78 is 0. The summed E-state index contributed by atoms with van der Waals surface area (Å²) in [5, 5.41) is 1.48. The van der Waals surface area contributed by atoms with Crippen LogP contribution < -0.4 is 0 Å². The van der Waals surface area contributed by atoms with Crippen LogP contribution in [0.15, 0.2) is 42.5 Å². The number of amides is 2. The Hall–Kier alpha value is -1.81. The summed E-state index contributed by atoms with van der Waals surface area (Å²) >= 11 is 0. The van der Waals surface area contributed by atoms with Gasteiger partial charge in [0.05, 0.1) is 6.04 Å². The highest BCUT2D eigenvalue weighted by atomic mass is 16.7. The van der Waals surface area contributed by atoms with E-state index >= 15 is 0 Å². The number of nitrogens with zero attached hydrogens (tertiary/aromatic N) is 2. The lowest BCUT2D eigenvalue weighted by molar-refractivity contribution is -0.131. The van der Waals surface area contributed by atoms with Crippen LogP contribution in [0.3, 0.4) is 0 Å². The van der Waals surface area contributed by atoms with Crippen molar-refractivity contribution in [2.75, 3.05) is 13.1 Å². The Balaban J connectivity index is 1.66. The van der Waals surface area contributed by atoms with E-state index in [0.717, 1.165) is 12.1 Å². The number of carbonyl (C=O) groups is 1. The molecule has 0 saturated carbocycles. The molecule has 1 aromatic rings. The van der Waals surface area contributed by atoms with Crippen LogP contribution in [0.4, 0.5) is 4.79 Å². The van der Waals surface area contributed by atoms with Crippen LogP contribution in [0.25, 0.3) is 0 Å². The maximum Gasteiger partial charge on any atom is 0.344 e. The van der Waals surface area contributed by atoms with E-state index in [1.807, 2.05) is 42.5 Å². The molecule has 4 nitrogen and oxygen atoms in total. The van der Waals surface area contributed by atoms with Gasteiger partial charge in [-0.25, -0.2) is 4.79 Å². The van der Waals surface area contributed by atoms with Gasteiger partial charge in [-0.1, -0.05) is 42.5 Å². The fraction of sp³-hybridized carbons (Fsp3) is 0.308. The largest absolute Gasteiger partial charge is 0.344 e. The van der Waals surface area contributed by atoms with E-state index < -0.39 is 0 Å². The SMILES string of the molecule is O=C1N2CC=CC(C2)N1OCc1ccccc1. The van der Waals surface area contributed by atoms with Gasteiger partial charge in [0.1, 0.15) is 6.61 Å². The normalized spacial score (nSPS) is 22.4. The quantitative estimate of drug-likeness (QED) is 0.742. The number of hydrogen-bond acceptors (Lipinski definition) is 2. The van der Waals surface area contributed by atoms with E-state index in [4.69, 9.17) is 4.84 Å². The topological polar surface area (TPSA) is 32.8 Å². The minimum Gasteiger partial charge on any atom is -0.317 e. The molecule has 0 spiro atoms. The molecule has 0 N–H and O–H groups in total. The van der Waals surface area contributed by atoms with E-state index in [-0.39, 0.29) is 12.1 Å². The number of hydrogen-bond donors (Lipinski definition) is 0. The lowest BCUT2D eigenvalue weighted by atomic mass is 10.2. The van der Waals surface area contributed by atoms with Gasteiger partial charge in [-0.15, -0.1) is 0 Å². The van der Waals surface area contributed by atoms with Crippen molar-refractivity contribution in [2.45, 2.75) is 12.6 Å². The molecule has 1 fully saturated rings. The molecule has 17 heavy (non-hydrogen) atoms. The lowest BCUT2D eigenvalue weighted by Crippen LogP contribution is -2.32. The summed E-state index contributed by atoms with van der Waals surface area (Å²) in [6.07, 6.45) is 4.05. The van der Waals surface area contributed by atoms with Gasteiger partial charge in [0.2, 0.25) is 0 Å². The molecule has 2 bridgehead atoms. The number of hydroxylamine groups is 2. The molecule has 2 amide bonds. The van der Waals surface area contributed by atoms with Crippen LogP contribution in [-0.2, 0) is 11.4 Å². The molecule has 1 aromatic carbocycles. The first-order valence-corrected chi connectivity index (χ1v) is 5.76. The third-order valence-electron chi connectivity index (χ3n) is 3.06. The van der Waals surface area contributed by atoms with Crippen molar-refractivity contribution in [2.24, 2.45) is 0 Å². The maximum atomic E-state index is 11.9. The monoisotopic (exact) mass is 230 g/mol. The third-order valence-corrected chi connectivity index (χ3v) is 3.06. The smallest absolute Gasteiger partial charge is 0.317 e. The summed E-state index contributed by atoms with van der Waals surface area (Å²) in [7, 11) is 0. The van der Waals surface area contributed by atoms with Gasteiger partial charge in [-0.05, 0) is 5.56 Å². The number of carbonyl (C=O) groups excluding carboxylic acids is 1. The van der Waals surface area contributed by atoms with Crippen LogP contribution in [0.5, 0.6) is 0 Å². The Morgan fingerprint density at radius 2 is 2.12 bits per heavy atom. The number of fused-ring (bicyclic) bond motifs is 2. The fourth-order valence-electron chi connectivity index (χ4n) is 2.17. The zero-order valence-corrected chi connectivity index (χ0v) is 9.45. The number of rotatable bonds is 3. The van der Waals surface area contributed by atoms with Crippen LogP contribution >= 0.6 is 0 Å². The molecule has 1 atom stereocenters. The molecule has 1 unspecified atom stereocenters. The second-order valence-electron chi connectivity index (χ2n) is 4.27. The first-order valence-electron chi connectivity index (χ1n) is 5.76. The lowest BCUT2D eigenvalue weighted by Gasteiger charge is -2.19. The molecule has 0 aromatic heterocycles. The maximum absolute atomic E-state index is 11.9. The van der Waals surface area contributed by atoms with E-state index in [9.17, 15) is 4.79 Å². The first kappa shape index (κ1) is 10.4. The van der Waals surface area contributed by atoms with Crippen molar-refractivity contribution >= 4 is 6.03 Å². The van der Waals surface area contributed by atoms with Gasteiger partial charge in [0.15, 0.2) is 0 Å². The van der Waals surface area contributed by atoms with Crippen molar-refractivity contribution in [3.05, 3.63) is 48.0 Å². The van der Waals surface area contributed by atoms with E-state index in [1.165, 1.54) is 5.06 Å². The van der Waals surface area contributed by atoms with E-state index in [0.29, 0.717) is 13.2 Å². The van der Waals surface area contributed by atoms with Gasteiger partial charge in [0.25, 0.3) is 0 Å². The molecular formula is C13H14N2O2. The molecule has 4 heteroatoms. The van der Waals surface area contributed by atoms with Crippen LogP contribution in [0, 0.1) is 0 Å². The second kappa shape index (κ2) is 4.22. The van der Waals surface area contributed by atoms with Gasteiger partial charge < -0.3 is 4.90 Å². The highest BCUT2D eigenvalue weighted by molar-refractivity contribution is 5.77. The summed E-state index contributed by atoms with van der Waals surface area (Å²) in [4.78, 5) is 19.3. The van der Waals surface area contributed by atoms with Gasteiger partial charge in [-0.3, -0.25) is 4.84 Å². The average Bonchev–Trinajstić information content (AvgIpc) is 2.60. The summed E-state index contributed by atoms with van der Waals surface area (Å²) in [6.45, 7) is 1.87. The molecular weight excluding hydrogens is 216 g/mol. The molecule has 2 aliphatic rings. The molecule has 1 saturated heterocycles. The van der Waals surface area contributed by atoms with Crippen molar-refractivity contribution in [3.8, 4) is 0 Å². The van der Waals surface area contributed by atoms with E-state index in [2.05, 4.69) is 0 Å². The number of benzene rings is 1. The Kier molecular flexibility index (Phi) is 2.57. The van der Waals surface area contributed by atoms with Gasteiger partial charge in [-0.2, -0.15) is 5.06 Å². The Morgan fingerprint density at radius 1 is 1.29 bits per heavy atom. The molecule has 2 heterocycles. The second-order valence-corrected chi connectivity index (χ2v) is 4.27. The van der Waals surface area contributed by atoms with Crippen molar-refractivity contribution in [1.29, 1.82) is 0 Å². The Bertz CT molecular complexity index is 444. The van der Waals surface area contributed by atoms with Crippen LogP contribution in [0.1, 0.15) is 5.56 Å². The highest BCUT2D eigenvalue weighted by Crippen LogP contribution is 2.21. The zero-order valence-electron chi connectivity index (χ0n) is 9.45. The Labute approximate surface area is 100 Å². The minimum absolute atomic E-state index is 0.0315. The molecule has 88 valence electrons. The first-order chi connectivity index (χ1) is 8.34. The molecule has 3 rings (SSSR count). The predicted molar refractivity (Wildman–Crippen MR) is 63.0 cm³/mol. The Morgan fingerprint density at radius 3 is 2.88 bits per heavy atom. The van der Waals surface area contributed by atoms with Crippen LogP contribution in [-0.4, -0.2) is 35.1 Å². The van der Waals surface area contributed by atoms with Crippen molar-refractivity contribution < 1.29 is 9.63 Å². The number of urea groups is 1. The minimum atomic E-state index is -0.0315. The van der Waals surface area contributed by atoms with Gasteiger partial charge in [0, 0.05) is 13.1 Å². The van der Waals surface area contributed by atoms with Crippen molar-refractivity contribution in [3.63, 3.8) is 0 Å². The summed E-state index contributed by atoms with van der Waals surface area (Å²) in [5.74, 6) is 0. The predicted octanol–water partition coefficient (Wildman–Crippen LogP) is 1.79. The van der Waals surface area contributed by atoms with Gasteiger partial charge >= 0.3 is 6.03 Å².